The second-order valence-corrected chi connectivity index (χ2v) is 2.21. The predicted molar refractivity (Wildman–Crippen MR) is 51.3 cm³/mol. The lowest BCUT2D eigenvalue weighted by molar-refractivity contribution is 0.112. The first kappa shape index (κ1) is 10.8. The maximum Gasteiger partial charge on any atom is 0.150 e. The van der Waals surface area contributed by atoms with Gasteiger partial charge < -0.3 is 5.73 Å². The molecule has 0 heterocycles. The van der Waals surface area contributed by atoms with Gasteiger partial charge in [0.15, 0.2) is 0 Å². The first-order valence-corrected chi connectivity index (χ1v) is 3.98. The van der Waals surface area contributed by atoms with E-state index in [0.29, 0.717) is 0 Å². The first-order chi connectivity index (χ1) is 5.86. The van der Waals surface area contributed by atoms with Crippen molar-refractivity contribution in [1.29, 1.82) is 0 Å². The van der Waals surface area contributed by atoms with Crippen LogP contribution in [0, 0.1) is 0 Å². The number of carbonyl (C=O) groups is 1. The average Bonchev–Trinajstić information content (AvgIpc) is 2.21. The van der Waals surface area contributed by atoms with E-state index in [1.165, 1.54) is 12.6 Å². The van der Waals surface area contributed by atoms with Gasteiger partial charge in [0.05, 0.1) is 0 Å². The van der Waals surface area contributed by atoms with Gasteiger partial charge in [-0.1, -0.05) is 31.2 Å². The third-order valence-corrected chi connectivity index (χ3v) is 1.52. The van der Waals surface area contributed by atoms with Gasteiger partial charge in [-0.05, 0) is 19.0 Å². The molecule has 0 amide bonds. The highest BCUT2D eigenvalue weighted by atomic mass is 16.1. The van der Waals surface area contributed by atoms with Crippen LogP contribution in [0.1, 0.15) is 22.8 Å². The summed E-state index contributed by atoms with van der Waals surface area (Å²) in [6, 6.07) is 7.63. The van der Waals surface area contributed by atoms with E-state index in [1.807, 2.05) is 24.3 Å². The fourth-order valence-corrected chi connectivity index (χ4v) is 0.832. The molecule has 0 aliphatic rings. The molecule has 2 nitrogen and oxygen atoms in total. The van der Waals surface area contributed by atoms with E-state index in [4.69, 9.17) is 0 Å². The molecule has 1 aromatic carbocycles. The van der Waals surface area contributed by atoms with Gasteiger partial charge in [-0.2, -0.15) is 0 Å². The predicted octanol–water partition coefficient (Wildman–Crippen LogP) is 1.64. The van der Waals surface area contributed by atoms with Crippen LogP contribution in [0.2, 0.25) is 0 Å². The lowest BCUT2D eigenvalue weighted by Gasteiger charge is -1.93. The van der Waals surface area contributed by atoms with Crippen molar-refractivity contribution < 1.29 is 4.79 Å². The Labute approximate surface area is 73.4 Å². The molecule has 0 saturated carbocycles. The third kappa shape index (κ3) is 3.30. The van der Waals surface area contributed by atoms with Crippen molar-refractivity contribution in [3.63, 3.8) is 0 Å². The van der Waals surface area contributed by atoms with E-state index in [9.17, 15) is 4.79 Å². The van der Waals surface area contributed by atoms with E-state index in [1.54, 1.807) is 0 Å². The SMILES string of the molecule is CCc1ccc(C=O)cc1.CN. The van der Waals surface area contributed by atoms with Crippen LogP contribution in [-0.4, -0.2) is 13.3 Å². The highest BCUT2D eigenvalue weighted by molar-refractivity contribution is 5.74. The van der Waals surface area contributed by atoms with Crippen molar-refractivity contribution in [1.82, 2.24) is 0 Å². The minimum atomic E-state index is 0.747. The molecule has 0 bridgehead atoms. The Kier molecular flexibility index (Phi) is 5.93. The quantitative estimate of drug-likeness (QED) is 0.677. The molecule has 0 aliphatic carbocycles. The molecule has 0 aromatic heterocycles. The van der Waals surface area contributed by atoms with Gasteiger partial charge in [-0.25, -0.2) is 0 Å². The molecule has 2 N–H and O–H groups in total. The highest BCUT2D eigenvalue weighted by Crippen LogP contribution is 2.01. The molecular formula is C10H15NO. The lowest BCUT2D eigenvalue weighted by atomic mass is 10.1. The number of aldehydes is 1. The van der Waals surface area contributed by atoms with Crippen molar-refractivity contribution in [2.45, 2.75) is 13.3 Å². The molecule has 0 aliphatic heterocycles. The molecule has 66 valence electrons. The molecule has 1 aromatic rings. The summed E-state index contributed by atoms with van der Waals surface area (Å²) in [4.78, 5) is 10.2. The summed E-state index contributed by atoms with van der Waals surface area (Å²) in [7, 11) is 1.50. The summed E-state index contributed by atoms with van der Waals surface area (Å²) in [6.07, 6.45) is 1.89. The zero-order valence-corrected chi connectivity index (χ0v) is 7.58. The second-order valence-electron chi connectivity index (χ2n) is 2.21. The summed E-state index contributed by atoms with van der Waals surface area (Å²) in [5.41, 5.74) is 6.52. The normalized spacial score (nSPS) is 8.25. The lowest BCUT2D eigenvalue weighted by Crippen LogP contribution is -1.81. The standard InChI is InChI=1S/C9H10O.CH5N/c1-2-8-3-5-9(7-10)6-4-8;1-2/h3-7H,2H2,1H3;2H2,1H3. The van der Waals surface area contributed by atoms with Crippen LogP contribution in [0.25, 0.3) is 0 Å². The summed E-state index contributed by atoms with van der Waals surface area (Å²) in [5, 5.41) is 0. The second kappa shape index (κ2) is 6.55. The molecule has 12 heavy (non-hydrogen) atoms. The van der Waals surface area contributed by atoms with Crippen molar-refractivity contribution in [3.05, 3.63) is 35.4 Å². The topological polar surface area (TPSA) is 43.1 Å². The van der Waals surface area contributed by atoms with Crippen LogP contribution < -0.4 is 5.73 Å². The van der Waals surface area contributed by atoms with E-state index < -0.39 is 0 Å². The van der Waals surface area contributed by atoms with Crippen LogP contribution in [0.5, 0.6) is 0 Å². The number of aryl methyl sites for hydroxylation is 1. The van der Waals surface area contributed by atoms with Gasteiger partial charge in [-0.3, -0.25) is 4.79 Å². The van der Waals surface area contributed by atoms with Crippen molar-refractivity contribution >= 4 is 6.29 Å². The molecule has 0 atom stereocenters. The van der Waals surface area contributed by atoms with Crippen LogP contribution >= 0.6 is 0 Å². The van der Waals surface area contributed by atoms with Crippen LogP contribution in [0.3, 0.4) is 0 Å². The maximum absolute atomic E-state index is 10.2. The Morgan fingerprint density at radius 2 is 1.75 bits per heavy atom. The Balaban J connectivity index is 0.000000561. The highest BCUT2D eigenvalue weighted by Gasteiger charge is 1.88. The van der Waals surface area contributed by atoms with Crippen molar-refractivity contribution in [2.24, 2.45) is 5.73 Å². The van der Waals surface area contributed by atoms with E-state index in [-0.39, 0.29) is 0 Å². The Morgan fingerprint density at radius 3 is 2.08 bits per heavy atom. The average molecular weight is 165 g/mol. The summed E-state index contributed by atoms with van der Waals surface area (Å²) in [6.45, 7) is 2.09. The number of hydrogen-bond donors (Lipinski definition) is 1. The van der Waals surface area contributed by atoms with Gasteiger partial charge in [-0.15, -0.1) is 0 Å². The first-order valence-electron chi connectivity index (χ1n) is 3.98. The number of carbonyl (C=O) groups excluding carboxylic acids is 1. The van der Waals surface area contributed by atoms with Crippen LogP contribution in [-0.2, 0) is 6.42 Å². The molecule has 1 rings (SSSR count). The maximum atomic E-state index is 10.2. The Hall–Kier alpha value is -1.15. The molecule has 0 radical (unpaired) electrons. The molecule has 0 fully saturated rings. The van der Waals surface area contributed by atoms with Crippen LogP contribution in [0.15, 0.2) is 24.3 Å². The van der Waals surface area contributed by atoms with Crippen LogP contribution in [0.4, 0.5) is 0 Å². The number of rotatable bonds is 2. The fraction of sp³-hybridized carbons (Fsp3) is 0.300. The molecule has 0 spiro atoms. The molecular weight excluding hydrogens is 150 g/mol. The Morgan fingerprint density at radius 1 is 1.25 bits per heavy atom. The molecule has 0 unspecified atom stereocenters. The van der Waals surface area contributed by atoms with Gasteiger partial charge in [0.2, 0.25) is 0 Å². The zero-order chi connectivity index (χ0) is 9.40. The van der Waals surface area contributed by atoms with E-state index >= 15 is 0 Å². The largest absolute Gasteiger partial charge is 0.333 e. The molecule has 2 heteroatoms. The smallest absolute Gasteiger partial charge is 0.150 e. The fourth-order valence-electron chi connectivity index (χ4n) is 0.832. The molecule has 0 saturated heterocycles. The number of nitrogens with two attached hydrogens (primary N) is 1. The number of hydrogen-bond acceptors (Lipinski definition) is 2. The zero-order valence-electron chi connectivity index (χ0n) is 7.58. The van der Waals surface area contributed by atoms with E-state index in [0.717, 1.165) is 18.3 Å². The summed E-state index contributed by atoms with van der Waals surface area (Å²) >= 11 is 0. The van der Waals surface area contributed by atoms with E-state index in [2.05, 4.69) is 12.7 Å². The minimum absolute atomic E-state index is 0.747. The van der Waals surface area contributed by atoms with Gasteiger partial charge >= 0.3 is 0 Å². The minimum Gasteiger partial charge on any atom is -0.333 e. The monoisotopic (exact) mass is 165 g/mol. The Bertz CT molecular complexity index is 216. The van der Waals surface area contributed by atoms with Crippen molar-refractivity contribution in [2.75, 3.05) is 7.05 Å². The van der Waals surface area contributed by atoms with Gasteiger partial charge in [0.1, 0.15) is 6.29 Å². The summed E-state index contributed by atoms with van der Waals surface area (Å²) in [5.74, 6) is 0. The third-order valence-electron chi connectivity index (χ3n) is 1.52. The number of benzene rings is 1. The van der Waals surface area contributed by atoms with Gasteiger partial charge in [0.25, 0.3) is 0 Å². The van der Waals surface area contributed by atoms with Crippen molar-refractivity contribution in [3.8, 4) is 0 Å². The van der Waals surface area contributed by atoms with Gasteiger partial charge in [0, 0.05) is 5.56 Å². The summed E-state index contributed by atoms with van der Waals surface area (Å²) < 4.78 is 0.